The average molecular weight is 734 g/mol. The number of esters is 1. The Morgan fingerprint density at radius 2 is 1.79 bits per heavy atom. The number of halogens is 5. The maximum Gasteiger partial charge on any atom is 0.387 e. The Kier molecular flexibility index (Phi) is 12.0. The van der Waals surface area contributed by atoms with Gasteiger partial charge in [-0.2, -0.15) is 8.78 Å². The monoisotopic (exact) mass is 732 g/mol. The van der Waals surface area contributed by atoms with Crippen LogP contribution in [0, 0.1) is 11.7 Å². The SMILES string of the molecule is CS(=O)(=O)N(CCN1CCOCC1)c1cc(C(=O)O[C@@H](Cc2c(Cl)c[nH+]cc2Cl)c2ccc(OC(F)F)c(OCC3CC3)c2)ccc1F. The molecule has 260 valence electrons. The standard InChI is InChI=1S/C32H34Cl2F3N3O7S/c1-48(42,43)40(9-8-39-10-12-44-13-11-39)27-14-22(4-6-26(27)35)31(41)46-29(16-23-24(33)17-38-18-25(23)34)21-5-7-28(47-32(36)37)30(15-21)45-19-20-2-3-20/h4-7,14-15,17-18,20,29,32H,2-3,8-13,16,19H2,1H3/p+1/t29-/m0/s1. The molecule has 0 unspecified atom stereocenters. The van der Waals surface area contributed by atoms with E-state index in [1.807, 2.05) is 4.90 Å². The third kappa shape index (κ3) is 9.65. The van der Waals surface area contributed by atoms with Gasteiger partial charge in [-0.3, -0.25) is 9.21 Å². The van der Waals surface area contributed by atoms with Crippen molar-refractivity contribution in [1.29, 1.82) is 0 Å². The summed E-state index contributed by atoms with van der Waals surface area (Å²) in [4.78, 5) is 18.5. The van der Waals surface area contributed by atoms with E-state index in [2.05, 4.69) is 9.72 Å². The number of H-pyrrole nitrogens is 1. The summed E-state index contributed by atoms with van der Waals surface area (Å²) in [5.74, 6) is -1.61. The van der Waals surface area contributed by atoms with Crippen LogP contribution < -0.4 is 18.8 Å². The van der Waals surface area contributed by atoms with Crippen LogP contribution >= 0.6 is 23.2 Å². The molecular weight excluding hydrogens is 698 g/mol. The smallest absolute Gasteiger partial charge is 0.387 e. The van der Waals surface area contributed by atoms with E-state index in [0.717, 1.165) is 35.5 Å². The predicted molar refractivity (Wildman–Crippen MR) is 172 cm³/mol. The predicted octanol–water partition coefficient (Wildman–Crippen LogP) is 5.58. The number of ether oxygens (including phenoxy) is 4. The van der Waals surface area contributed by atoms with Crippen molar-refractivity contribution in [2.75, 3.05) is 56.6 Å². The zero-order chi connectivity index (χ0) is 34.4. The Morgan fingerprint density at radius 1 is 1.08 bits per heavy atom. The van der Waals surface area contributed by atoms with Crippen LogP contribution in [-0.2, 0) is 25.9 Å². The van der Waals surface area contributed by atoms with Crippen molar-refractivity contribution in [2.45, 2.75) is 32.0 Å². The van der Waals surface area contributed by atoms with E-state index in [1.54, 1.807) is 0 Å². The lowest BCUT2D eigenvalue weighted by Gasteiger charge is -2.30. The Labute approximate surface area is 286 Å². The number of morpholine rings is 1. The van der Waals surface area contributed by atoms with Crippen LogP contribution in [0.2, 0.25) is 10.0 Å². The van der Waals surface area contributed by atoms with Gasteiger partial charge in [0.15, 0.2) is 23.9 Å². The summed E-state index contributed by atoms with van der Waals surface area (Å²) in [6, 6.07) is 7.49. The van der Waals surface area contributed by atoms with Crippen molar-refractivity contribution in [3.63, 3.8) is 0 Å². The van der Waals surface area contributed by atoms with Crippen molar-refractivity contribution in [2.24, 2.45) is 5.92 Å². The van der Waals surface area contributed by atoms with Crippen LogP contribution in [0.1, 0.15) is 40.4 Å². The molecule has 1 aliphatic carbocycles. The first-order valence-electron chi connectivity index (χ1n) is 15.2. The minimum Gasteiger partial charge on any atom is -0.489 e. The van der Waals surface area contributed by atoms with Gasteiger partial charge in [-0.05, 0) is 54.7 Å². The quantitative estimate of drug-likeness (QED) is 0.187. The summed E-state index contributed by atoms with van der Waals surface area (Å²) < 4.78 is 89.8. The van der Waals surface area contributed by atoms with Crippen molar-refractivity contribution in [3.8, 4) is 11.5 Å². The van der Waals surface area contributed by atoms with Gasteiger partial charge in [0.2, 0.25) is 10.0 Å². The average Bonchev–Trinajstić information content (AvgIpc) is 3.87. The number of carbonyl (C=O) groups is 1. The maximum absolute atomic E-state index is 15.2. The molecular formula is C32H35Cl2F3N3O7S+. The van der Waals surface area contributed by atoms with Gasteiger partial charge in [-0.15, -0.1) is 0 Å². The summed E-state index contributed by atoms with van der Waals surface area (Å²) in [7, 11) is -3.95. The second-order valence-corrected chi connectivity index (χ2v) is 14.2. The molecule has 0 bridgehead atoms. The zero-order valence-corrected chi connectivity index (χ0v) is 28.3. The van der Waals surface area contributed by atoms with E-state index in [-0.39, 0.29) is 45.8 Å². The molecule has 1 saturated carbocycles. The van der Waals surface area contributed by atoms with Gasteiger partial charge in [0.25, 0.3) is 0 Å². The minimum absolute atomic E-state index is 0.0347. The van der Waals surface area contributed by atoms with Gasteiger partial charge in [-0.1, -0.05) is 29.3 Å². The third-order valence-corrected chi connectivity index (χ3v) is 9.79. The highest BCUT2D eigenvalue weighted by atomic mass is 35.5. The molecule has 0 radical (unpaired) electrons. The number of hydrogen-bond acceptors (Lipinski definition) is 8. The second kappa shape index (κ2) is 15.9. The van der Waals surface area contributed by atoms with Crippen LogP contribution in [-0.4, -0.2) is 78.2 Å². The second-order valence-electron chi connectivity index (χ2n) is 11.5. The van der Waals surface area contributed by atoms with E-state index < -0.39 is 34.5 Å². The topological polar surface area (TPSA) is 109 Å². The summed E-state index contributed by atoms with van der Waals surface area (Å²) in [6.07, 6.45) is 4.72. The summed E-state index contributed by atoms with van der Waals surface area (Å²) in [5, 5.41) is 0.499. The van der Waals surface area contributed by atoms with Crippen molar-refractivity contribution >= 4 is 44.9 Å². The zero-order valence-electron chi connectivity index (χ0n) is 26.0. The molecule has 0 spiro atoms. The van der Waals surface area contributed by atoms with Crippen LogP contribution in [0.3, 0.4) is 0 Å². The fraction of sp³-hybridized carbons (Fsp3) is 0.438. The number of nitrogens with zero attached hydrogens (tertiary/aromatic N) is 2. The Bertz CT molecular complexity index is 1690. The molecule has 2 aliphatic rings. The number of anilines is 1. The van der Waals surface area contributed by atoms with Crippen LogP contribution in [0.4, 0.5) is 18.9 Å². The number of nitrogens with one attached hydrogen (secondary N) is 1. The number of benzene rings is 2. The Morgan fingerprint density at radius 3 is 2.44 bits per heavy atom. The fourth-order valence-corrected chi connectivity index (χ4v) is 6.60. The highest BCUT2D eigenvalue weighted by molar-refractivity contribution is 7.92. The molecule has 2 aromatic carbocycles. The number of hydrogen-bond donors (Lipinski definition) is 0. The molecule has 3 aromatic rings. The van der Waals surface area contributed by atoms with E-state index in [0.29, 0.717) is 56.5 Å². The van der Waals surface area contributed by atoms with Crippen LogP contribution in [0.15, 0.2) is 48.8 Å². The molecule has 48 heavy (non-hydrogen) atoms. The largest absolute Gasteiger partial charge is 0.489 e. The first-order chi connectivity index (χ1) is 22.9. The number of aromatic nitrogens is 1. The molecule has 2 heterocycles. The van der Waals surface area contributed by atoms with Crippen molar-refractivity contribution in [1.82, 2.24) is 4.90 Å². The first-order valence-corrected chi connectivity index (χ1v) is 17.8. The number of pyridine rings is 1. The number of sulfonamides is 1. The molecule has 10 nitrogen and oxygen atoms in total. The molecule has 16 heteroatoms. The highest BCUT2D eigenvalue weighted by Gasteiger charge is 2.28. The third-order valence-electron chi connectivity index (χ3n) is 7.94. The summed E-state index contributed by atoms with van der Waals surface area (Å²) in [5.41, 5.74) is 0.333. The van der Waals surface area contributed by atoms with Crippen LogP contribution in [0.25, 0.3) is 0 Å². The normalized spacial score (nSPS) is 16.1. The molecule has 1 atom stereocenters. The number of carbonyl (C=O) groups excluding carboxylic acids is 1. The summed E-state index contributed by atoms with van der Waals surface area (Å²) >= 11 is 12.8. The minimum atomic E-state index is -3.95. The van der Waals surface area contributed by atoms with E-state index in [9.17, 15) is 22.0 Å². The van der Waals surface area contributed by atoms with Gasteiger partial charge in [-0.25, -0.2) is 22.6 Å². The van der Waals surface area contributed by atoms with Gasteiger partial charge in [0, 0.05) is 38.2 Å². The molecule has 1 N–H and O–H groups in total. The maximum atomic E-state index is 15.2. The molecule has 1 saturated heterocycles. The Hall–Kier alpha value is -3.30. The highest BCUT2D eigenvalue weighted by Crippen LogP contribution is 2.38. The number of alkyl halides is 2. The molecule has 1 aliphatic heterocycles. The van der Waals surface area contributed by atoms with Crippen LogP contribution in [0.5, 0.6) is 11.5 Å². The lowest BCUT2D eigenvalue weighted by atomic mass is 10.0. The van der Waals surface area contributed by atoms with E-state index in [4.69, 9.17) is 37.4 Å². The molecule has 5 rings (SSSR count). The number of aromatic amines is 1. The summed E-state index contributed by atoms with van der Waals surface area (Å²) in [6.45, 7) is -0.338. The number of rotatable bonds is 15. The van der Waals surface area contributed by atoms with Gasteiger partial charge in [0.05, 0.1) is 37.3 Å². The molecule has 0 amide bonds. The molecule has 2 fully saturated rings. The van der Waals surface area contributed by atoms with E-state index in [1.165, 1.54) is 36.7 Å². The Balaban J connectivity index is 1.45. The van der Waals surface area contributed by atoms with E-state index >= 15 is 4.39 Å². The lowest BCUT2D eigenvalue weighted by Crippen LogP contribution is -2.43. The van der Waals surface area contributed by atoms with Crippen molar-refractivity contribution < 1.29 is 50.3 Å². The lowest BCUT2D eigenvalue weighted by molar-refractivity contribution is -0.377. The van der Waals surface area contributed by atoms with Gasteiger partial charge in [0.1, 0.15) is 22.0 Å². The van der Waals surface area contributed by atoms with Gasteiger partial charge >= 0.3 is 12.6 Å². The van der Waals surface area contributed by atoms with Crippen molar-refractivity contribution in [3.05, 3.63) is 81.3 Å². The molecule has 1 aromatic heterocycles. The first kappa shape index (κ1) is 36.0. The van der Waals surface area contributed by atoms with Gasteiger partial charge < -0.3 is 18.9 Å². The fourth-order valence-electron chi connectivity index (χ4n) is 5.16.